The molecule has 0 spiro atoms. The minimum absolute atomic E-state index is 0.0447. The van der Waals surface area contributed by atoms with Gasteiger partial charge < -0.3 is 18.6 Å². The van der Waals surface area contributed by atoms with E-state index in [0.717, 1.165) is 5.56 Å². The number of sulfonamides is 1. The van der Waals surface area contributed by atoms with Crippen LogP contribution in [0.2, 0.25) is 28.2 Å². The van der Waals surface area contributed by atoms with Crippen LogP contribution in [0.3, 0.4) is 0 Å². The molecular weight excluding hydrogens is 541 g/mol. The molecule has 0 radical (unpaired) electrons. The summed E-state index contributed by atoms with van der Waals surface area (Å²) in [5.41, 5.74) is -0.194. The van der Waals surface area contributed by atoms with Crippen molar-refractivity contribution in [2.24, 2.45) is 0 Å². The molecule has 0 unspecified atom stereocenters. The van der Waals surface area contributed by atoms with Gasteiger partial charge in [-0.05, 0) is 48.0 Å². The lowest BCUT2D eigenvalue weighted by molar-refractivity contribution is -0.0123. The Morgan fingerprint density at radius 1 is 1.03 bits per heavy atom. The third-order valence-electron chi connectivity index (χ3n) is 7.13. The predicted octanol–water partition coefficient (Wildman–Crippen LogP) is 6.30. The van der Waals surface area contributed by atoms with Crippen molar-refractivity contribution in [1.82, 2.24) is 4.31 Å². The van der Waals surface area contributed by atoms with E-state index < -0.39 is 23.9 Å². The van der Waals surface area contributed by atoms with Crippen molar-refractivity contribution in [3.63, 3.8) is 0 Å². The van der Waals surface area contributed by atoms with Gasteiger partial charge in [0.1, 0.15) is 12.3 Å². The van der Waals surface area contributed by atoms with Gasteiger partial charge in [0, 0.05) is 25.6 Å². The van der Waals surface area contributed by atoms with Crippen molar-refractivity contribution in [3.05, 3.63) is 52.0 Å². The van der Waals surface area contributed by atoms with Gasteiger partial charge in [0.15, 0.2) is 19.8 Å². The lowest BCUT2D eigenvalue weighted by Crippen LogP contribution is -2.42. The Hall–Kier alpha value is -1.33. The molecule has 1 atom stereocenters. The minimum atomic E-state index is -3.89. The molecule has 1 aliphatic rings. The smallest absolute Gasteiger partial charge is 0.245 e. The number of hydrogen-bond donors (Lipinski definition) is 0. The van der Waals surface area contributed by atoms with E-state index >= 15 is 0 Å². The fraction of sp³-hybridized carbons (Fsp3) is 0.520. The summed E-state index contributed by atoms with van der Waals surface area (Å²) in [6.45, 7) is 11.3. The molecule has 0 N–H and O–H groups in total. The van der Waals surface area contributed by atoms with E-state index in [2.05, 4.69) is 33.9 Å². The second-order valence-electron chi connectivity index (χ2n) is 10.4. The maximum atomic E-state index is 13.6. The number of hydrogen-bond acceptors (Lipinski definition) is 6. The number of halogens is 2. The van der Waals surface area contributed by atoms with Crippen LogP contribution in [0, 0.1) is 0 Å². The van der Waals surface area contributed by atoms with E-state index in [0.29, 0.717) is 34.6 Å². The molecule has 3 rings (SSSR count). The zero-order valence-corrected chi connectivity index (χ0v) is 25.2. The Bertz CT molecular complexity index is 1200. The van der Waals surface area contributed by atoms with Crippen LogP contribution in [-0.4, -0.2) is 55.1 Å². The average molecular weight is 577 g/mol. The molecule has 200 valence electrons. The van der Waals surface area contributed by atoms with Crippen LogP contribution in [0.4, 0.5) is 0 Å². The Morgan fingerprint density at radius 3 is 2.28 bits per heavy atom. The van der Waals surface area contributed by atoms with Crippen molar-refractivity contribution in [3.8, 4) is 11.5 Å². The summed E-state index contributed by atoms with van der Waals surface area (Å²) < 4.78 is 51.7. The lowest BCUT2D eigenvalue weighted by atomic mass is 9.91. The zero-order chi connectivity index (χ0) is 26.9. The molecule has 1 heterocycles. The fourth-order valence-corrected chi connectivity index (χ4v) is 6.50. The average Bonchev–Trinajstić information content (AvgIpc) is 3.25. The lowest BCUT2D eigenvalue weighted by Gasteiger charge is -2.37. The second-order valence-corrected chi connectivity index (χ2v) is 17.9. The first-order valence-corrected chi connectivity index (χ1v) is 16.7. The van der Waals surface area contributed by atoms with E-state index in [9.17, 15) is 8.42 Å². The van der Waals surface area contributed by atoms with Gasteiger partial charge in [-0.2, -0.15) is 4.31 Å². The van der Waals surface area contributed by atoms with Crippen LogP contribution in [0.25, 0.3) is 0 Å². The summed E-state index contributed by atoms with van der Waals surface area (Å²) in [4.78, 5) is 0.0891. The minimum Gasteiger partial charge on any atom is -0.493 e. The van der Waals surface area contributed by atoms with Gasteiger partial charge in [0.25, 0.3) is 0 Å². The molecule has 2 aromatic rings. The van der Waals surface area contributed by atoms with E-state index in [4.69, 9.17) is 41.8 Å². The molecule has 7 nitrogen and oxygen atoms in total. The molecule has 0 amide bonds. The summed E-state index contributed by atoms with van der Waals surface area (Å²) in [5.74, 6) is 0.777. The highest BCUT2D eigenvalue weighted by Gasteiger charge is 2.46. The molecule has 0 bridgehead atoms. The van der Waals surface area contributed by atoms with Crippen LogP contribution < -0.4 is 9.47 Å². The Balaban J connectivity index is 1.93. The first-order chi connectivity index (χ1) is 16.7. The molecule has 1 saturated heterocycles. The number of rotatable bonds is 9. The molecule has 1 fully saturated rings. The topological polar surface area (TPSA) is 74.3 Å². The van der Waals surface area contributed by atoms with E-state index in [1.165, 1.54) is 30.7 Å². The number of ether oxygens (including phenoxy) is 3. The van der Waals surface area contributed by atoms with Gasteiger partial charge in [-0.15, -0.1) is 0 Å². The van der Waals surface area contributed by atoms with Crippen molar-refractivity contribution in [1.29, 1.82) is 0 Å². The summed E-state index contributed by atoms with van der Waals surface area (Å²) in [7, 11) is -2.94. The maximum Gasteiger partial charge on any atom is 0.245 e. The highest BCUT2D eigenvalue weighted by Crippen LogP contribution is 2.42. The third-order valence-corrected chi connectivity index (χ3v) is 14.2. The van der Waals surface area contributed by atoms with Gasteiger partial charge in [-0.1, -0.05) is 50.0 Å². The molecule has 36 heavy (non-hydrogen) atoms. The fourth-order valence-electron chi connectivity index (χ4n) is 3.79. The molecule has 11 heteroatoms. The van der Waals surface area contributed by atoms with E-state index in [1.807, 2.05) is 6.07 Å². The maximum absolute atomic E-state index is 13.6. The van der Waals surface area contributed by atoms with Crippen LogP contribution in [0.1, 0.15) is 32.8 Å². The molecule has 0 aromatic heterocycles. The molecule has 2 aromatic carbocycles. The largest absolute Gasteiger partial charge is 0.493 e. The van der Waals surface area contributed by atoms with E-state index in [-0.39, 0.29) is 23.2 Å². The normalized spacial score (nSPS) is 19.5. The van der Waals surface area contributed by atoms with Gasteiger partial charge in [-0.25, -0.2) is 8.42 Å². The zero-order valence-electron chi connectivity index (χ0n) is 21.9. The highest BCUT2D eigenvalue weighted by atomic mass is 35.5. The molecular formula is C25H35Cl2NO6SSi. The van der Waals surface area contributed by atoms with Gasteiger partial charge in [0.05, 0.1) is 29.2 Å². The highest BCUT2D eigenvalue weighted by molar-refractivity contribution is 7.89. The first-order valence-electron chi connectivity index (χ1n) is 11.6. The van der Waals surface area contributed by atoms with Gasteiger partial charge in [-0.3, -0.25) is 0 Å². The Kier molecular flexibility index (Phi) is 8.77. The predicted molar refractivity (Wildman–Crippen MR) is 145 cm³/mol. The third kappa shape index (κ3) is 5.88. The van der Waals surface area contributed by atoms with Gasteiger partial charge in [0.2, 0.25) is 10.0 Å². The molecule has 0 aliphatic carbocycles. The summed E-state index contributed by atoms with van der Waals surface area (Å²) in [6.07, 6.45) is 0.454. The van der Waals surface area contributed by atoms with Gasteiger partial charge >= 0.3 is 0 Å². The first kappa shape index (κ1) is 29.2. The summed E-state index contributed by atoms with van der Waals surface area (Å²) in [6, 6.07) is 9.78. The second kappa shape index (κ2) is 10.8. The standard InChI is InChI=1S/C25H35Cl2NO6SSi/c1-24(2,3)36(6,7)34-13-12-25(18-8-10-20(26)21(27)14-18)16-28(17-33-25)35(29,30)19-9-11-22(31-4)23(15-19)32-5/h8-11,14-15H,12-13,16-17H2,1-7H3/t25-/m0/s1. The Labute approximate surface area is 225 Å². The van der Waals surface area contributed by atoms with Crippen molar-refractivity contribution in [2.45, 2.75) is 55.8 Å². The number of nitrogens with zero attached hydrogens (tertiary/aromatic N) is 1. The Morgan fingerprint density at radius 2 is 1.69 bits per heavy atom. The van der Waals surface area contributed by atoms with Crippen molar-refractivity contribution < 1.29 is 27.1 Å². The van der Waals surface area contributed by atoms with Crippen LogP contribution >= 0.6 is 23.2 Å². The van der Waals surface area contributed by atoms with Crippen LogP contribution in [0.5, 0.6) is 11.5 Å². The molecule has 0 saturated carbocycles. The monoisotopic (exact) mass is 575 g/mol. The van der Waals surface area contributed by atoms with E-state index in [1.54, 1.807) is 18.2 Å². The number of benzene rings is 2. The number of methoxy groups -OCH3 is 2. The van der Waals surface area contributed by atoms with Crippen LogP contribution in [-0.2, 0) is 24.8 Å². The quantitative estimate of drug-likeness (QED) is 0.327. The SMILES string of the molecule is COc1ccc(S(=O)(=O)N2CO[C@](CCO[Si](C)(C)C(C)(C)C)(c3ccc(Cl)c(Cl)c3)C2)cc1OC. The summed E-state index contributed by atoms with van der Waals surface area (Å²) in [5, 5.41) is 0.841. The van der Waals surface area contributed by atoms with Crippen LogP contribution in [0.15, 0.2) is 41.3 Å². The summed E-state index contributed by atoms with van der Waals surface area (Å²) >= 11 is 12.5. The van der Waals surface area contributed by atoms with Crippen molar-refractivity contribution >= 4 is 41.5 Å². The molecule has 1 aliphatic heterocycles. The van der Waals surface area contributed by atoms with Crippen molar-refractivity contribution in [2.75, 3.05) is 34.1 Å².